The van der Waals surface area contributed by atoms with Crippen molar-refractivity contribution in [3.8, 4) is 11.5 Å². The fraction of sp³-hybridized carbons (Fsp3) is 0.586. The van der Waals surface area contributed by atoms with Crippen LogP contribution >= 0.6 is 0 Å². The molecule has 0 atom stereocenters. The van der Waals surface area contributed by atoms with Gasteiger partial charge < -0.3 is 26.1 Å². The summed E-state index contributed by atoms with van der Waals surface area (Å²) in [4.78, 5) is 22.0. The molecule has 0 unspecified atom stereocenters. The Labute approximate surface area is 238 Å². The molecule has 0 bridgehead atoms. The van der Waals surface area contributed by atoms with Gasteiger partial charge in [0.1, 0.15) is 12.1 Å². The number of amides is 1. The molecule has 5 N–H and O–H groups in total. The van der Waals surface area contributed by atoms with E-state index in [1.165, 1.54) is 6.26 Å². The van der Waals surface area contributed by atoms with E-state index in [4.69, 9.17) is 15.9 Å². The van der Waals surface area contributed by atoms with Crippen LogP contribution < -0.4 is 21.7 Å². The molecular weight excluding hydrogens is 530 g/mol. The largest absolute Gasteiger partial charge is 0.444 e. The second-order valence-corrected chi connectivity index (χ2v) is 11.3. The Hall–Kier alpha value is -3.38. The standard InChI is InChI=1S/C29H40F2N8O2/c30-27(31)26-24(17-39(37-26)22-8-6-19(7-9-22)15-34-12-3-1-2-11-32)38(16-20-4-5-20)25-14-21(10-13-35-25)29-36-23(18-41-29)28(33)40/h10,13-14,17-20,22,27,34H,1-9,11-12,15-16,32H2,(H2,33,40). The lowest BCUT2D eigenvalue weighted by Gasteiger charge is -2.29. The fourth-order valence-corrected chi connectivity index (χ4v) is 5.53. The van der Waals surface area contributed by atoms with Crippen LogP contribution in [0.15, 0.2) is 35.2 Å². The van der Waals surface area contributed by atoms with Gasteiger partial charge in [-0.05, 0) is 95.0 Å². The van der Waals surface area contributed by atoms with Gasteiger partial charge in [0.2, 0.25) is 5.89 Å². The molecule has 0 saturated heterocycles. The molecular formula is C29H40F2N8O2. The summed E-state index contributed by atoms with van der Waals surface area (Å²) in [6.07, 6.45) is 11.2. The van der Waals surface area contributed by atoms with E-state index >= 15 is 0 Å². The quantitative estimate of drug-likeness (QED) is 0.218. The van der Waals surface area contributed by atoms with Crippen LogP contribution in [0.2, 0.25) is 0 Å². The van der Waals surface area contributed by atoms with E-state index in [1.807, 2.05) is 4.90 Å². The SMILES string of the molecule is NCCCCCNCC1CCC(n2cc(N(CC3CC3)c3cc(-c4nc(C(N)=O)co4)ccn3)c(C(F)F)n2)CC1. The van der Waals surface area contributed by atoms with Crippen molar-refractivity contribution in [2.75, 3.05) is 31.1 Å². The number of oxazole rings is 1. The third-order valence-electron chi connectivity index (χ3n) is 8.08. The zero-order valence-corrected chi connectivity index (χ0v) is 23.4. The summed E-state index contributed by atoms with van der Waals surface area (Å²) in [6, 6.07) is 3.52. The van der Waals surface area contributed by atoms with Gasteiger partial charge in [0.05, 0.1) is 11.7 Å². The Morgan fingerprint density at radius 1 is 1.15 bits per heavy atom. The number of unbranched alkanes of at least 4 members (excludes halogenated alkanes) is 2. The molecule has 222 valence electrons. The molecule has 0 radical (unpaired) electrons. The molecule has 41 heavy (non-hydrogen) atoms. The molecule has 1 amide bonds. The lowest BCUT2D eigenvalue weighted by atomic mass is 9.86. The molecule has 0 aliphatic heterocycles. The average molecular weight is 571 g/mol. The number of hydrogen-bond donors (Lipinski definition) is 3. The molecule has 0 spiro atoms. The first-order valence-electron chi connectivity index (χ1n) is 14.7. The number of alkyl halides is 2. The van der Waals surface area contributed by atoms with Gasteiger partial charge in [0.25, 0.3) is 12.3 Å². The van der Waals surface area contributed by atoms with Gasteiger partial charge in [-0.1, -0.05) is 6.42 Å². The summed E-state index contributed by atoms with van der Waals surface area (Å²) in [5.41, 5.74) is 11.6. The molecule has 2 aliphatic rings. The van der Waals surface area contributed by atoms with Crippen molar-refractivity contribution in [3.63, 3.8) is 0 Å². The van der Waals surface area contributed by atoms with Crippen molar-refractivity contribution in [1.29, 1.82) is 0 Å². The topological polar surface area (TPSA) is 141 Å². The van der Waals surface area contributed by atoms with Gasteiger partial charge in [-0.2, -0.15) is 5.10 Å². The molecule has 0 aromatic carbocycles. The number of hydrogen-bond acceptors (Lipinski definition) is 8. The lowest BCUT2D eigenvalue weighted by Crippen LogP contribution is -2.28. The second-order valence-electron chi connectivity index (χ2n) is 11.3. The second kappa shape index (κ2) is 13.5. The number of anilines is 2. The van der Waals surface area contributed by atoms with Crippen LogP contribution in [0.3, 0.4) is 0 Å². The van der Waals surface area contributed by atoms with Crippen LogP contribution in [0, 0.1) is 11.8 Å². The van der Waals surface area contributed by atoms with Crippen molar-refractivity contribution in [2.24, 2.45) is 23.3 Å². The van der Waals surface area contributed by atoms with Crippen molar-refractivity contribution in [3.05, 3.63) is 42.2 Å². The minimum atomic E-state index is -2.72. The molecule has 2 fully saturated rings. The van der Waals surface area contributed by atoms with Crippen molar-refractivity contribution < 1.29 is 18.0 Å². The van der Waals surface area contributed by atoms with Crippen LogP contribution in [0.4, 0.5) is 20.3 Å². The summed E-state index contributed by atoms with van der Waals surface area (Å²) >= 11 is 0. The summed E-state index contributed by atoms with van der Waals surface area (Å²) in [5, 5.41) is 8.00. The Bertz CT molecular complexity index is 1280. The van der Waals surface area contributed by atoms with Gasteiger partial charge in [-0.15, -0.1) is 0 Å². The first-order chi connectivity index (χ1) is 19.9. The van der Waals surface area contributed by atoms with Crippen LogP contribution in [-0.4, -0.2) is 51.8 Å². The highest BCUT2D eigenvalue weighted by atomic mass is 19.3. The van der Waals surface area contributed by atoms with E-state index in [9.17, 15) is 13.6 Å². The van der Waals surface area contributed by atoms with E-state index < -0.39 is 12.3 Å². The summed E-state index contributed by atoms with van der Waals surface area (Å²) in [5.74, 6) is 1.00. The highest BCUT2D eigenvalue weighted by molar-refractivity contribution is 5.90. The fourth-order valence-electron chi connectivity index (χ4n) is 5.53. The van der Waals surface area contributed by atoms with Gasteiger partial charge in [0.15, 0.2) is 11.4 Å². The predicted molar refractivity (Wildman–Crippen MR) is 152 cm³/mol. The van der Waals surface area contributed by atoms with Crippen molar-refractivity contribution >= 4 is 17.4 Å². The van der Waals surface area contributed by atoms with E-state index in [0.29, 0.717) is 35.4 Å². The number of primary amides is 1. The van der Waals surface area contributed by atoms with Crippen molar-refractivity contribution in [2.45, 2.75) is 70.3 Å². The Kier molecular flexibility index (Phi) is 9.60. The number of nitrogens with one attached hydrogen (secondary N) is 1. The van der Waals surface area contributed by atoms with Crippen LogP contribution in [0.5, 0.6) is 0 Å². The van der Waals surface area contributed by atoms with Gasteiger partial charge >= 0.3 is 0 Å². The zero-order chi connectivity index (χ0) is 28.8. The zero-order valence-electron chi connectivity index (χ0n) is 23.4. The third-order valence-corrected chi connectivity index (χ3v) is 8.08. The predicted octanol–water partition coefficient (Wildman–Crippen LogP) is 4.97. The summed E-state index contributed by atoms with van der Waals surface area (Å²) in [7, 11) is 0. The number of carbonyl (C=O) groups excluding carboxylic acids is 1. The van der Waals surface area contributed by atoms with E-state index in [2.05, 4.69) is 20.4 Å². The number of pyridine rings is 1. The van der Waals surface area contributed by atoms with Crippen LogP contribution in [0.1, 0.15) is 86.4 Å². The normalized spacial score (nSPS) is 19.1. The molecule has 2 aliphatic carbocycles. The number of nitrogens with two attached hydrogens (primary N) is 2. The lowest BCUT2D eigenvalue weighted by molar-refractivity contribution is 0.0995. The first-order valence-corrected chi connectivity index (χ1v) is 14.7. The minimum Gasteiger partial charge on any atom is -0.444 e. The molecule has 5 rings (SSSR count). The van der Waals surface area contributed by atoms with E-state index in [1.54, 1.807) is 29.2 Å². The van der Waals surface area contributed by atoms with Crippen LogP contribution in [0.25, 0.3) is 11.5 Å². The Morgan fingerprint density at radius 3 is 2.61 bits per heavy atom. The molecule has 3 heterocycles. The van der Waals surface area contributed by atoms with E-state index in [0.717, 1.165) is 77.4 Å². The van der Waals surface area contributed by atoms with Crippen LogP contribution in [-0.2, 0) is 0 Å². The van der Waals surface area contributed by atoms with Gasteiger partial charge in [-0.3, -0.25) is 9.48 Å². The van der Waals surface area contributed by atoms with E-state index in [-0.39, 0.29) is 23.3 Å². The maximum Gasteiger partial charge on any atom is 0.284 e. The maximum atomic E-state index is 14.4. The van der Waals surface area contributed by atoms with Crippen molar-refractivity contribution in [1.82, 2.24) is 25.1 Å². The Morgan fingerprint density at radius 2 is 1.93 bits per heavy atom. The molecule has 3 aromatic rings. The molecule has 10 nitrogen and oxygen atoms in total. The number of aromatic nitrogens is 4. The smallest absolute Gasteiger partial charge is 0.284 e. The Balaban J connectivity index is 1.31. The molecule has 3 aromatic heterocycles. The first kappa shape index (κ1) is 29.1. The monoisotopic (exact) mass is 570 g/mol. The highest BCUT2D eigenvalue weighted by Crippen LogP contribution is 2.40. The molecule has 12 heteroatoms. The highest BCUT2D eigenvalue weighted by Gasteiger charge is 2.32. The number of carbonyl (C=O) groups is 1. The third kappa shape index (κ3) is 7.48. The number of nitrogens with zero attached hydrogens (tertiary/aromatic N) is 5. The average Bonchev–Trinajstić information content (AvgIpc) is 3.46. The number of rotatable bonds is 15. The number of halogens is 2. The van der Waals surface area contributed by atoms with Gasteiger partial charge in [0, 0.05) is 24.5 Å². The summed E-state index contributed by atoms with van der Waals surface area (Å²) < 4.78 is 35.9. The minimum absolute atomic E-state index is 0.0162. The van der Waals surface area contributed by atoms with Gasteiger partial charge in [-0.25, -0.2) is 18.7 Å². The summed E-state index contributed by atoms with van der Waals surface area (Å²) in [6.45, 7) is 3.30. The maximum absolute atomic E-state index is 14.4. The molecule has 2 saturated carbocycles.